The average Bonchev–Trinajstić information content (AvgIpc) is 3.19. The highest BCUT2D eigenvalue weighted by atomic mass is 35.5. The van der Waals surface area contributed by atoms with Crippen molar-refractivity contribution in [2.24, 2.45) is 0 Å². The molecule has 0 bridgehead atoms. The number of carbonyl (C=O) groups excluding carboxylic acids is 1. The lowest BCUT2D eigenvalue weighted by molar-refractivity contribution is -0.113. The molecule has 160 valence electrons. The van der Waals surface area contributed by atoms with Gasteiger partial charge in [-0.05, 0) is 36.8 Å². The van der Waals surface area contributed by atoms with E-state index in [2.05, 4.69) is 22.4 Å². The molecular weight excluding hydrogens is 441 g/mol. The minimum Gasteiger partial charge on any atom is -0.325 e. The van der Waals surface area contributed by atoms with Gasteiger partial charge in [0, 0.05) is 12.2 Å². The molecule has 0 aliphatic heterocycles. The molecule has 0 spiro atoms. The largest absolute Gasteiger partial charge is 0.325 e. The number of unbranched alkanes of at least 4 members (excludes halogenated alkanes) is 1. The third-order valence-electron chi connectivity index (χ3n) is 4.75. The van der Waals surface area contributed by atoms with Gasteiger partial charge in [-0.15, -0.1) is 10.2 Å². The number of hydrogen-bond donors (Lipinski definition) is 1. The van der Waals surface area contributed by atoms with Crippen LogP contribution in [0.2, 0.25) is 5.02 Å². The van der Waals surface area contributed by atoms with Crippen LogP contribution < -0.4 is 10.9 Å². The van der Waals surface area contributed by atoms with Crippen molar-refractivity contribution in [3.63, 3.8) is 0 Å². The molecule has 0 fully saturated rings. The highest BCUT2D eigenvalue weighted by molar-refractivity contribution is 7.99. The summed E-state index contributed by atoms with van der Waals surface area (Å²) in [6.45, 7) is 2.60. The molecule has 0 unspecified atom stereocenters. The predicted molar refractivity (Wildman–Crippen MR) is 120 cm³/mol. The molecule has 4 aromatic rings. The molecule has 1 amide bonds. The summed E-state index contributed by atoms with van der Waals surface area (Å²) in [6.07, 6.45) is 1.78. The summed E-state index contributed by atoms with van der Waals surface area (Å²) in [6, 6.07) is 11.3. The van der Waals surface area contributed by atoms with Gasteiger partial charge in [-0.1, -0.05) is 48.8 Å². The summed E-state index contributed by atoms with van der Waals surface area (Å²) >= 11 is 6.96. The van der Waals surface area contributed by atoms with Crippen LogP contribution in [-0.2, 0) is 11.3 Å². The minimum atomic E-state index is -0.551. The Morgan fingerprint density at radius 2 is 2.03 bits per heavy atom. The maximum Gasteiger partial charge on any atom is 0.262 e. The molecule has 4 rings (SSSR count). The van der Waals surface area contributed by atoms with E-state index in [1.807, 2.05) is 18.2 Å². The van der Waals surface area contributed by atoms with Crippen molar-refractivity contribution in [1.29, 1.82) is 0 Å². The third kappa shape index (κ3) is 4.28. The summed E-state index contributed by atoms with van der Waals surface area (Å²) in [5, 5.41) is 12.1. The lowest BCUT2D eigenvalue weighted by atomic mass is 10.2. The zero-order valence-corrected chi connectivity index (χ0v) is 18.2. The number of para-hydroxylation sites is 1. The first-order chi connectivity index (χ1) is 15.0. The molecule has 1 N–H and O–H groups in total. The second-order valence-corrected chi connectivity index (χ2v) is 8.26. The highest BCUT2D eigenvalue weighted by Gasteiger charge is 2.17. The summed E-state index contributed by atoms with van der Waals surface area (Å²) in [7, 11) is 0. The van der Waals surface area contributed by atoms with Gasteiger partial charge < -0.3 is 5.32 Å². The smallest absolute Gasteiger partial charge is 0.262 e. The van der Waals surface area contributed by atoms with Crippen LogP contribution in [0, 0.1) is 5.82 Å². The summed E-state index contributed by atoms with van der Waals surface area (Å²) in [5.41, 5.74) is 0.988. The number of fused-ring (bicyclic) bond motifs is 3. The normalized spacial score (nSPS) is 11.3. The van der Waals surface area contributed by atoms with Crippen LogP contribution in [0.15, 0.2) is 52.4 Å². The van der Waals surface area contributed by atoms with Crippen LogP contribution in [-0.4, -0.2) is 30.8 Å². The SMILES string of the molecule is CCCCn1c(=O)c2ccccc2n2c(SCC(=O)Nc3ccc(F)c(Cl)c3)nnc12. The van der Waals surface area contributed by atoms with Gasteiger partial charge in [0.05, 0.1) is 21.7 Å². The van der Waals surface area contributed by atoms with Crippen LogP contribution in [0.1, 0.15) is 19.8 Å². The van der Waals surface area contributed by atoms with Gasteiger partial charge in [-0.3, -0.25) is 18.6 Å². The zero-order chi connectivity index (χ0) is 22.0. The van der Waals surface area contributed by atoms with Gasteiger partial charge in [0.15, 0.2) is 5.16 Å². The molecule has 0 saturated heterocycles. The number of anilines is 1. The number of rotatable bonds is 7. The second-order valence-electron chi connectivity index (χ2n) is 6.91. The maximum absolute atomic E-state index is 13.3. The molecule has 31 heavy (non-hydrogen) atoms. The van der Waals surface area contributed by atoms with Crippen molar-refractivity contribution in [1.82, 2.24) is 19.2 Å². The fourth-order valence-electron chi connectivity index (χ4n) is 3.25. The Morgan fingerprint density at radius 3 is 2.81 bits per heavy atom. The van der Waals surface area contributed by atoms with Crippen molar-refractivity contribution < 1.29 is 9.18 Å². The fourth-order valence-corrected chi connectivity index (χ4v) is 4.17. The standard InChI is InChI=1S/C21H19ClFN5O2S/c1-2-3-10-27-19(30)14-6-4-5-7-17(14)28-20(27)25-26-21(28)31-12-18(29)24-13-8-9-16(23)15(22)11-13/h4-9,11H,2-3,10,12H2,1H3,(H,24,29). The Labute approximate surface area is 186 Å². The predicted octanol–water partition coefficient (Wildman–Crippen LogP) is 4.37. The second kappa shape index (κ2) is 9.07. The summed E-state index contributed by atoms with van der Waals surface area (Å²) in [5.74, 6) is -0.346. The van der Waals surface area contributed by atoms with Gasteiger partial charge >= 0.3 is 0 Å². The molecule has 0 aliphatic carbocycles. The van der Waals surface area contributed by atoms with Gasteiger partial charge in [-0.2, -0.15) is 0 Å². The number of halogens is 2. The lowest BCUT2D eigenvalue weighted by Crippen LogP contribution is -2.23. The molecule has 2 heterocycles. The number of carbonyl (C=O) groups is 1. The molecule has 7 nitrogen and oxygen atoms in total. The van der Waals surface area contributed by atoms with Crippen molar-refractivity contribution in [2.75, 3.05) is 11.1 Å². The van der Waals surface area contributed by atoms with E-state index in [0.717, 1.165) is 12.8 Å². The number of nitrogens with zero attached hydrogens (tertiary/aromatic N) is 4. The van der Waals surface area contributed by atoms with Crippen molar-refractivity contribution >= 4 is 51.6 Å². The monoisotopic (exact) mass is 459 g/mol. The number of hydrogen-bond acceptors (Lipinski definition) is 5. The van der Waals surface area contributed by atoms with Gasteiger partial charge in [0.1, 0.15) is 5.82 Å². The van der Waals surface area contributed by atoms with Crippen LogP contribution in [0.4, 0.5) is 10.1 Å². The number of amides is 1. The molecule has 2 aromatic carbocycles. The van der Waals surface area contributed by atoms with E-state index in [1.165, 1.54) is 30.0 Å². The van der Waals surface area contributed by atoms with Crippen molar-refractivity contribution in [3.05, 3.63) is 63.7 Å². The van der Waals surface area contributed by atoms with E-state index in [1.54, 1.807) is 15.0 Å². The fraction of sp³-hybridized carbons (Fsp3) is 0.238. The Kier molecular flexibility index (Phi) is 6.24. The number of thioether (sulfide) groups is 1. The summed E-state index contributed by atoms with van der Waals surface area (Å²) < 4.78 is 16.7. The number of aryl methyl sites for hydroxylation is 1. The van der Waals surface area contributed by atoms with E-state index >= 15 is 0 Å². The third-order valence-corrected chi connectivity index (χ3v) is 5.97. The molecule has 0 saturated carbocycles. The number of aromatic nitrogens is 4. The average molecular weight is 460 g/mol. The Bertz CT molecular complexity index is 1340. The molecule has 0 atom stereocenters. The first-order valence-corrected chi connectivity index (χ1v) is 11.1. The lowest BCUT2D eigenvalue weighted by Gasteiger charge is -2.11. The van der Waals surface area contributed by atoms with Gasteiger partial charge in [-0.25, -0.2) is 4.39 Å². The van der Waals surface area contributed by atoms with E-state index < -0.39 is 5.82 Å². The first kappa shape index (κ1) is 21.3. The topological polar surface area (TPSA) is 81.3 Å². The van der Waals surface area contributed by atoms with Crippen molar-refractivity contribution in [3.8, 4) is 0 Å². The highest BCUT2D eigenvalue weighted by Crippen LogP contribution is 2.23. The van der Waals surface area contributed by atoms with E-state index in [4.69, 9.17) is 11.6 Å². The summed E-state index contributed by atoms with van der Waals surface area (Å²) in [4.78, 5) is 25.3. The van der Waals surface area contributed by atoms with E-state index in [0.29, 0.717) is 34.1 Å². The van der Waals surface area contributed by atoms with Crippen LogP contribution in [0.3, 0.4) is 0 Å². The maximum atomic E-state index is 13.3. The van der Waals surface area contributed by atoms with Crippen LogP contribution in [0.25, 0.3) is 16.7 Å². The molecule has 0 radical (unpaired) electrons. The molecule has 10 heteroatoms. The van der Waals surface area contributed by atoms with Crippen LogP contribution >= 0.6 is 23.4 Å². The zero-order valence-electron chi connectivity index (χ0n) is 16.6. The molecular formula is C21H19ClFN5O2S. The van der Waals surface area contributed by atoms with E-state index in [-0.39, 0.29) is 22.2 Å². The Morgan fingerprint density at radius 1 is 1.23 bits per heavy atom. The first-order valence-electron chi connectivity index (χ1n) is 9.74. The Balaban J connectivity index is 1.63. The van der Waals surface area contributed by atoms with Crippen LogP contribution in [0.5, 0.6) is 0 Å². The Hall–Kier alpha value is -2.91. The number of nitrogens with one attached hydrogen (secondary N) is 1. The number of benzene rings is 2. The van der Waals surface area contributed by atoms with Crippen molar-refractivity contribution in [2.45, 2.75) is 31.5 Å². The van der Waals surface area contributed by atoms with E-state index in [9.17, 15) is 14.0 Å². The van der Waals surface area contributed by atoms with Gasteiger partial charge in [0.2, 0.25) is 11.7 Å². The molecule has 2 aromatic heterocycles. The molecule has 0 aliphatic rings. The quantitative estimate of drug-likeness (QED) is 0.415. The van der Waals surface area contributed by atoms with Gasteiger partial charge in [0.25, 0.3) is 5.56 Å². The minimum absolute atomic E-state index is 0.0538.